The third-order valence-electron chi connectivity index (χ3n) is 2.39. The molecule has 3 heteroatoms. The summed E-state index contributed by atoms with van der Waals surface area (Å²) in [4.78, 5) is 0. The molecule has 0 atom stereocenters. The van der Waals surface area contributed by atoms with E-state index in [4.69, 9.17) is 10.5 Å². The summed E-state index contributed by atoms with van der Waals surface area (Å²) < 4.78 is 5.63. The molecule has 0 spiro atoms. The average molecular weight is 168 g/mol. The fraction of sp³-hybridized carbons (Fsp3) is 0.778. The number of rotatable bonds is 3. The van der Waals surface area contributed by atoms with E-state index >= 15 is 0 Å². The topological polar surface area (TPSA) is 47.3 Å². The molecular weight excluding hydrogens is 152 g/mol. The van der Waals surface area contributed by atoms with E-state index in [1.54, 1.807) is 0 Å². The van der Waals surface area contributed by atoms with Gasteiger partial charge >= 0.3 is 0 Å². The van der Waals surface area contributed by atoms with Crippen LogP contribution < -0.4 is 11.1 Å². The summed E-state index contributed by atoms with van der Waals surface area (Å²) in [6.45, 7) is 2.68. The van der Waals surface area contributed by atoms with Gasteiger partial charge in [-0.25, -0.2) is 0 Å². The van der Waals surface area contributed by atoms with Crippen LogP contribution in [0.15, 0.2) is 11.5 Å². The van der Waals surface area contributed by atoms with Crippen molar-refractivity contribution >= 4 is 0 Å². The van der Waals surface area contributed by atoms with Gasteiger partial charge in [0, 0.05) is 19.5 Å². The molecule has 0 saturated heterocycles. The van der Waals surface area contributed by atoms with Crippen LogP contribution in [-0.2, 0) is 4.74 Å². The number of nitrogens with one attached hydrogen (secondary N) is 1. The van der Waals surface area contributed by atoms with E-state index in [0.29, 0.717) is 0 Å². The largest absolute Gasteiger partial charge is 0.496 e. The van der Waals surface area contributed by atoms with Crippen molar-refractivity contribution in [2.45, 2.75) is 19.3 Å². The Morgan fingerprint density at radius 3 is 3.00 bits per heavy atom. The fourth-order valence-electron chi connectivity index (χ4n) is 1.35. The predicted octanol–water partition coefficient (Wildman–Crippen LogP) is 0.577. The quantitative estimate of drug-likeness (QED) is 0.648. The molecule has 12 heavy (non-hydrogen) atoms. The van der Waals surface area contributed by atoms with E-state index in [-0.39, 0.29) is 0 Å². The van der Waals surface area contributed by atoms with E-state index in [2.05, 4.69) is 5.32 Å². The number of ether oxygens (including phenoxy) is 1. The molecule has 1 saturated carbocycles. The Bertz CT molecular complexity index is 197. The summed E-state index contributed by atoms with van der Waals surface area (Å²) in [5, 5.41) is 3.20. The Labute approximate surface area is 73.0 Å². The summed E-state index contributed by atoms with van der Waals surface area (Å²) in [5.41, 5.74) is 6.67. The SMILES string of the molecule is NC1=C(OCC2CC2)CCNC1. The summed E-state index contributed by atoms with van der Waals surface area (Å²) >= 11 is 0. The van der Waals surface area contributed by atoms with Crippen molar-refractivity contribution in [1.82, 2.24) is 5.32 Å². The van der Waals surface area contributed by atoms with E-state index in [1.165, 1.54) is 12.8 Å². The molecular formula is C9H16N2O. The lowest BCUT2D eigenvalue weighted by molar-refractivity contribution is 0.181. The van der Waals surface area contributed by atoms with Crippen molar-refractivity contribution in [2.75, 3.05) is 19.7 Å². The normalized spacial score (nSPS) is 24.3. The minimum absolute atomic E-state index is 0.792. The minimum atomic E-state index is 0.792. The van der Waals surface area contributed by atoms with Gasteiger partial charge in [-0.05, 0) is 18.8 Å². The molecule has 0 radical (unpaired) electrons. The monoisotopic (exact) mass is 168 g/mol. The molecule has 2 rings (SSSR count). The lowest BCUT2D eigenvalue weighted by Crippen LogP contribution is -2.29. The third-order valence-corrected chi connectivity index (χ3v) is 2.39. The summed E-state index contributed by atoms with van der Waals surface area (Å²) in [6, 6.07) is 0. The maximum absolute atomic E-state index is 5.78. The predicted molar refractivity (Wildman–Crippen MR) is 47.4 cm³/mol. The Morgan fingerprint density at radius 1 is 1.50 bits per heavy atom. The molecule has 3 nitrogen and oxygen atoms in total. The maximum Gasteiger partial charge on any atom is 0.117 e. The molecule has 1 aliphatic heterocycles. The van der Waals surface area contributed by atoms with Gasteiger partial charge in [-0.1, -0.05) is 0 Å². The molecule has 0 aromatic rings. The summed E-state index contributed by atoms with van der Waals surface area (Å²) in [5.74, 6) is 1.85. The van der Waals surface area contributed by atoms with Crippen LogP contribution in [-0.4, -0.2) is 19.7 Å². The van der Waals surface area contributed by atoms with E-state index in [0.717, 1.165) is 43.5 Å². The van der Waals surface area contributed by atoms with E-state index in [1.807, 2.05) is 0 Å². The van der Waals surface area contributed by atoms with Crippen LogP contribution in [0.1, 0.15) is 19.3 Å². The van der Waals surface area contributed by atoms with Crippen LogP contribution in [0.3, 0.4) is 0 Å². The van der Waals surface area contributed by atoms with Crippen LogP contribution in [0, 0.1) is 5.92 Å². The highest BCUT2D eigenvalue weighted by molar-refractivity contribution is 5.10. The van der Waals surface area contributed by atoms with Gasteiger partial charge in [0.25, 0.3) is 0 Å². The smallest absolute Gasteiger partial charge is 0.117 e. The molecule has 1 fully saturated rings. The lowest BCUT2D eigenvalue weighted by Gasteiger charge is -2.18. The Hall–Kier alpha value is -0.700. The Kier molecular flexibility index (Phi) is 2.21. The highest BCUT2D eigenvalue weighted by Crippen LogP contribution is 2.30. The van der Waals surface area contributed by atoms with Crippen LogP contribution in [0.5, 0.6) is 0 Å². The zero-order valence-electron chi connectivity index (χ0n) is 7.31. The van der Waals surface area contributed by atoms with Gasteiger partial charge in [0.15, 0.2) is 0 Å². The highest BCUT2D eigenvalue weighted by Gasteiger charge is 2.23. The molecule has 0 amide bonds. The second-order valence-electron chi connectivity index (χ2n) is 3.63. The van der Waals surface area contributed by atoms with Gasteiger partial charge in [-0.2, -0.15) is 0 Å². The molecule has 1 heterocycles. The fourth-order valence-corrected chi connectivity index (χ4v) is 1.35. The first-order chi connectivity index (χ1) is 5.86. The average Bonchev–Trinajstić information content (AvgIpc) is 2.86. The van der Waals surface area contributed by atoms with Crippen molar-refractivity contribution in [1.29, 1.82) is 0 Å². The summed E-state index contributed by atoms with van der Waals surface area (Å²) in [6.07, 6.45) is 3.63. The first-order valence-corrected chi connectivity index (χ1v) is 4.67. The van der Waals surface area contributed by atoms with Gasteiger partial charge in [-0.15, -0.1) is 0 Å². The molecule has 3 N–H and O–H groups in total. The van der Waals surface area contributed by atoms with Crippen molar-refractivity contribution in [3.8, 4) is 0 Å². The Morgan fingerprint density at radius 2 is 2.33 bits per heavy atom. The lowest BCUT2D eigenvalue weighted by atomic mass is 10.2. The molecule has 1 aliphatic carbocycles. The first kappa shape index (κ1) is 7.92. The highest BCUT2D eigenvalue weighted by atomic mass is 16.5. The van der Waals surface area contributed by atoms with Crippen LogP contribution >= 0.6 is 0 Å². The first-order valence-electron chi connectivity index (χ1n) is 4.67. The third kappa shape index (κ3) is 1.91. The van der Waals surface area contributed by atoms with Crippen LogP contribution in [0.25, 0.3) is 0 Å². The minimum Gasteiger partial charge on any atom is -0.496 e. The maximum atomic E-state index is 5.78. The van der Waals surface area contributed by atoms with E-state index in [9.17, 15) is 0 Å². The zero-order valence-corrected chi connectivity index (χ0v) is 7.31. The van der Waals surface area contributed by atoms with Crippen molar-refractivity contribution < 1.29 is 4.74 Å². The Balaban J connectivity index is 1.82. The molecule has 0 aromatic heterocycles. The zero-order chi connectivity index (χ0) is 8.39. The summed E-state index contributed by atoms with van der Waals surface area (Å²) in [7, 11) is 0. The number of hydrogen-bond acceptors (Lipinski definition) is 3. The van der Waals surface area contributed by atoms with E-state index < -0.39 is 0 Å². The van der Waals surface area contributed by atoms with Gasteiger partial charge in [0.1, 0.15) is 5.76 Å². The molecule has 2 aliphatic rings. The van der Waals surface area contributed by atoms with Crippen LogP contribution in [0.4, 0.5) is 0 Å². The van der Waals surface area contributed by atoms with Gasteiger partial charge in [0.2, 0.25) is 0 Å². The molecule has 0 bridgehead atoms. The van der Waals surface area contributed by atoms with Crippen LogP contribution in [0.2, 0.25) is 0 Å². The van der Waals surface area contributed by atoms with Crippen molar-refractivity contribution in [2.24, 2.45) is 11.7 Å². The molecule has 0 aromatic carbocycles. The van der Waals surface area contributed by atoms with Gasteiger partial charge in [-0.3, -0.25) is 0 Å². The molecule has 0 unspecified atom stereocenters. The second-order valence-corrected chi connectivity index (χ2v) is 3.63. The van der Waals surface area contributed by atoms with Crippen molar-refractivity contribution in [3.63, 3.8) is 0 Å². The number of nitrogens with two attached hydrogens (primary N) is 1. The van der Waals surface area contributed by atoms with Gasteiger partial charge < -0.3 is 15.8 Å². The standard InChI is InChI=1S/C9H16N2O/c10-8-5-11-4-3-9(8)12-6-7-1-2-7/h7,11H,1-6,10H2. The van der Waals surface area contributed by atoms with Crippen molar-refractivity contribution in [3.05, 3.63) is 11.5 Å². The van der Waals surface area contributed by atoms with Gasteiger partial charge in [0.05, 0.1) is 12.3 Å². The second kappa shape index (κ2) is 3.35. The molecule has 68 valence electrons. The number of hydrogen-bond donors (Lipinski definition) is 2.